The minimum atomic E-state index is -3.69. The molecule has 1 fully saturated rings. The van der Waals surface area contributed by atoms with Gasteiger partial charge in [-0.05, 0) is 78.1 Å². The number of nitrogens with zero attached hydrogens (tertiary/aromatic N) is 3. The third-order valence-electron chi connectivity index (χ3n) is 8.28. The maximum atomic E-state index is 14.0. The highest BCUT2D eigenvalue weighted by molar-refractivity contribution is 7.89. The van der Waals surface area contributed by atoms with Gasteiger partial charge in [-0.2, -0.15) is 0 Å². The van der Waals surface area contributed by atoms with Crippen LogP contribution in [0.5, 0.6) is 0 Å². The average molecular weight is 555 g/mol. The fourth-order valence-corrected chi connectivity index (χ4v) is 7.01. The van der Waals surface area contributed by atoms with Crippen molar-refractivity contribution in [2.45, 2.75) is 56.0 Å². The van der Waals surface area contributed by atoms with Crippen LogP contribution in [-0.4, -0.2) is 23.9 Å². The van der Waals surface area contributed by atoms with E-state index in [0.29, 0.717) is 13.0 Å². The standard InChI is InChI=1S/C32H34N4O3S/c1-3-22-9-14-26(15-10-22)40(38,39)34-30-16-12-24-11-13-25(19-28(24)30)36(21-31-33-17-18-35(31)2)32(37)29-20-27(29)23-7-5-4-6-8-23/h4-11,13-15,17-19,27,29-30,34H,3,12,16,20-21H2,1-2H3. The van der Waals surface area contributed by atoms with Crippen LogP contribution in [-0.2, 0) is 41.3 Å². The molecule has 206 valence electrons. The van der Waals surface area contributed by atoms with Crippen molar-refractivity contribution in [2.24, 2.45) is 13.0 Å². The molecule has 6 rings (SSSR count). The Morgan fingerprint density at radius 1 is 1.07 bits per heavy atom. The van der Waals surface area contributed by atoms with Crippen molar-refractivity contribution in [2.75, 3.05) is 4.90 Å². The monoisotopic (exact) mass is 554 g/mol. The summed E-state index contributed by atoms with van der Waals surface area (Å²) in [6, 6.07) is 22.9. The van der Waals surface area contributed by atoms with Crippen LogP contribution in [0.1, 0.15) is 59.8 Å². The summed E-state index contributed by atoms with van der Waals surface area (Å²) in [6.07, 6.45) is 6.75. The van der Waals surface area contributed by atoms with Gasteiger partial charge in [0.2, 0.25) is 15.9 Å². The molecule has 4 aromatic rings. The number of hydrogen-bond donors (Lipinski definition) is 1. The van der Waals surface area contributed by atoms with Crippen molar-refractivity contribution in [3.63, 3.8) is 0 Å². The van der Waals surface area contributed by atoms with Crippen molar-refractivity contribution in [1.29, 1.82) is 0 Å². The van der Waals surface area contributed by atoms with Crippen molar-refractivity contribution >= 4 is 21.6 Å². The molecule has 8 heteroatoms. The fraction of sp³-hybridized carbons (Fsp3) is 0.312. The lowest BCUT2D eigenvalue weighted by Gasteiger charge is -2.25. The van der Waals surface area contributed by atoms with Gasteiger partial charge in [0.05, 0.1) is 11.4 Å². The number of aromatic nitrogens is 2. The van der Waals surface area contributed by atoms with E-state index < -0.39 is 10.0 Å². The zero-order valence-electron chi connectivity index (χ0n) is 22.8. The second kappa shape index (κ2) is 10.7. The van der Waals surface area contributed by atoms with Gasteiger partial charge in [-0.25, -0.2) is 18.1 Å². The number of rotatable bonds is 9. The van der Waals surface area contributed by atoms with Crippen molar-refractivity contribution in [3.8, 4) is 0 Å². The van der Waals surface area contributed by atoms with Crippen LogP contribution in [0.3, 0.4) is 0 Å². The van der Waals surface area contributed by atoms with Gasteiger partial charge in [0, 0.05) is 37.1 Å². The van der Waals surface area contributed by atoms with Crippen molar-refractivity contribution < 1.29 is 13.2 Å². The van der Waals surface area contributed by atoms with E-state index in [1.165, 1.54) is 5.56 Å². The zero-order valence-corrected chi connectivity index (χ0v) is 23.6. The Labute approximate surface area is 235 Å². The second-order valence-electron chi connectivity index (χ2n) is 10.8. The number of hydrogen-bond acceptors (Lipinski definition) is 4. The van der Waals surface area contributed by atoms with E-state index in [-0.39, 0.29) is 28.7 Å². The van der Waals surface area contributed by atoms with Gasteiger partial charge >= 0.3 is 0 Å². The second-order valence-corrected chi connectivity index (χ2v) is 12.5. The summed E-state index contributed by atoms with van der Waals surface area (Å²) in [5.74, 6) is 0.989. The topological polar surface area (TPSA) is 84.3 Å². The van der Waals surface area contributed by atoms with Gasteiger partial charge < -0.3 is 9.47 Å². The predicted octanol–water partition coefficient (Wildman–Crippen LogP) is 5.29. The molecule has 0 aliphatic heterocycles. The lowest BCUT2D eigenvalue weighted by atomic mass is 10.1. The number of imidazole rings is 1. The molecular weight excluding hydrogens is 520 g/mol. The van der Waals surface area contributed by atoms with E-state index in [4.69, 9.17) is 0 Å². The Balaban J connectivity index is 1.28. The quantitative estimate of drug-likeness (QED) is 0.305. The summed E-state index contributed by atoms with van der Waals surface area (Å²) in [7, 11) is -1.77. The number of carbonyl (C=O) groups is 1. The molecule has 1 saturated carbocycles. The van der Waals surface area contributed by atoms with Crippen LogP contribution >= 0.6 is 0 Å². The molecule has 0 radical (unpaired) electrons. The van der Waals surface area contributed by atoms with Crippen LogP contribution in [0.25, 0.3) is 0 Å². The lowest BCUT2D eigenvalue weighted by molar-refractivity contribution is -0.120. The average Bonchev–Trinajstić information content (AvgIpc) is 3.54. The number of anilines is 1. The summed E-state index contributed by atoms with van der Waals surface area (Å²) in [4.78, 5) is 20.5. The molecule has 0 saturated heterocycles. The van der Waals surface area contributed by atoms with Crippen molar-refractivity contribution in [3.05, 3.63) is 113 Å². The van der Waals surface area contributed by atoms with Gasteiger partial charge in [0.1, 0.15) is 5.82 Å². The Kier molecular flexibility index (Phi) is 7.06. The molecule has 3 aromatic carbocycles. The molecule has 7 nitrogen and oxygen atoms in total. The number of carbonyl (C=O) groups excluding carboxylic acids is 1. The smallest absolute Gasteiger partial charge is 0.241 e. The Hall–Kier alpha value is -3.75. The number of fused-ring (bicyclic) bond motifs is 1. The van der Waals surface area contributed by atoms with Crippen LogP contribution < -0.4 is 9.62 Å². The first kappa shape index (κ1) is 26.5. The number of sulfonamides is 1. The minimum Gasteiger partial charge on any atom is -0.337 e. The fourth-order valence-electron chi connectivity index (χ4n) is 5.76. The minimum absolute atomic E-state index is 0.0722. The maximum Gasteiger partial charge on any atom is 0.241 e. The molecular formula is C32H34N4O3S. The van der Waals surface area contributed by atoms with Crippen LogP contribution in [0.2, 0.25) is 0 Å². The summed E-state index contributed by atoms with van der Waals surface area (Å²) in [5.41, 5.74) is 5.09. The first-order valence-corrected chi connectivity index (χ1v) is 15.4. The van der Waals surface area contributed by atoms with Gasteiger partial charge in [-0.15, -0.1) is 0 Å². The van der Waals surface area contributed by atoms with Crippen LogP contribution in [0, 0.1) is 5.92 Å². The number of nitrogens with one attached hydrogen (secondary N) is 1. The molecule has 1 heterocycles. The highest BCUT2D eigenvalue weighted by Gasteiger charge is 2.46. The summed E-state index contributed by atoms with van der Waals surface area (Å²) in [6.45, 7) is 2.39. The molecule has 1 aromatic heterocycles. The van der Waals surface area contributed by atoms with Crippen molar-refractivity contribution in [1.82, 2.24) is 14.3 Å². The van der Waals surface area contributed by atoms with E-state index in [1.54, 1.807) is 18.3 Å². The number of amides is 1. The van der Waals surface area contributed by atoms with Gasteiger partial charge in [-0.3, -0.25) is 4.79 Å². The lowest BCUT2D eigenvalue weighted by Crippen LogP contribution is -2.33. The highest BCUT2D eigenvalue weighted by Crippen LogP contribution is 2.49. The molecule has 3 atom stereocenters. The van der Waals surface area contributed by atoms with E-state index in [0.717, 1.165) is 47.5 Å². The van der Waals surface area contributed by atoms with Gasteiger partial charge in [0.25, 0.3) is 0 Å². The summed E-state index contributed by atoms with van der Waals surface area (Å²) in [5, 5.41) is 0. The highest BCUT2D eigenvalue weighted by atomic mass is 32.2. The number of benzene rings is 3. The largest absolute Gasteiger partial charge is 0.337 e. The summed E-state index contributed by atoms with van der Waals surface area (Å²) >= 11 is 0. The first-order valence-electron chi connectivity index (χ1n) is 13.9. The molecule has 1 amide bonds. The van der Waals surface area contributed by atoms with E-state index in [9.17, 15) is 13.2 Å². The van der Waals surface area contributed by atoms with Gasteiger partial charge in [0.15, 0.2) is 0 Å². The molecule has 40 heavy (non-hydrogen) atoms. The van der Waals surface area contributed by atoms with E-state index in [2.05, 4.69) is 21.8 Å². The predicted molar refractivity (Wildman–Crippen MR) is 155 cm³/mol. The van der Waals surface area contributed by atoms with Gasteiger partial charge in [-0.1, -0.05) is 55.5 Å². The van der Waals surface area contributed by atoms with E-state index in [1.807, 2.05) is 78.2 Å². The van der Waals surface area contributed by atoms with Crippen LogP contribution in [0.4, 0.5) is 5.69 Å². The Morgan fingerprint density at radius 2 is 1.85 bits per heavy atom. The molecule has 1 N–H and O–H groups in total. The SMILES string of the molecule is CCc1ccc(S(=O)(=O)NC2CCc3ccc(N(Cc4nccn4C)C(=O)C4CC4c4ccccc4)cc32)cc1. The first-order chi connectivity index (χ1) is 19.3. The molecule has 2 aliphatic carbocycles. The third kappa shape index (κ3) is 5.21. The third-order valence-corrected chi connectivity index (χ3v) is 9.77. The zero-order chi connectivity index (χ0) is 27.9. The summed E-state index contributed by atoms with van der Waals surface area (Å²) < 4.78 is 31.4. The molecule has 0 spiro atoms. The Morgan fingerprint density at radius 3 is 2.55 bits per heavy atom. The Bertz CT molecular complexity index is 1630. The van der Waals surface area contributed by atoms with E-state index >= 15 is 0 Å². The van der Waals surface area contributed by atoms with Crippen LogP contribution in [0.15, 0.2) is 90.1 Å². The molecule has 2 aliphatic rings. The normalized spacial score (nSPS) is 19.8. The number of aryl methyl sites for hydroxylation is 3. The molecule has 0 bridgehead atoms. The molecule has 3 unspecified atom stereocenters. The maximum absolute atomic E-state index is 14.0.